The molecule has 0 aliphatic rings. The first-order valence-electron chi connectivity index (χ1n) is 6.64. The van der Waals surface area contributed by atoms with Crippen LogP contribution in [0.2, 0.25) is 10.6 Å². The second-order valence-corrected chi connectivity index (χ2v) is 8.22. The Morgan fingerprint density at radius 1 is 0.941 bits per heavy atom. The van der Waals surface area contributed by atoms with Crippen molar-refractivity contribution in [2.75, 3.05) is 0 Å². The topological polar surface area (TPSA) is 0 Å². The van der Waals surface area contributed by atoms with Crippen LogP contribution >= 0.6 is 0 Å². The quantitative estimate of drug-likeness (QED) is 0.543. The van der Waals surface area contributed by atoms with Gasteiger partial charge in [-0.2, -0.15) is 4.78 Å². The van der Waals surface area contributed by atoms with Crippen LogP contribution in [0.25, 0.3) is 0 Å². The molecule has 0 saturated carbocycles. The molecule has 0 nitrogen and oxygen atoms in total. The van der Waals surface area contributed by atoms with Gasteiger partial charge in [0.2, 0.25) is 0 Å². The Labute approximate surface area is 111 Å². The summed E-state index contributed by atoms with van der Waals surface area (Å²) >= 11 is -0.880. The molecular weight excluding hydrogens is 219 g/mol. The standard InChI is InChI=1S/C8H5.2C4H9.Al/c1-2-8-6-4-3-5-7-8;2*1-4(2)3;/h3-7H;2*4H,1H2,2-3H3;. The van der Waals surface area contributed by atoms with Crippen molar-refractivity contribution in [3.63, 3.8) is 0 Å². The zero-order valence-electron chi connectivity index (χ0n) is 11.5. The molecule has 0 fully saturated rings. The summed E-state index contributed by atoms with van der Waals surface area (Å²) < 4.78 is 0. The maximum absolute atomic E-state index is 3.59. The van der Waals surface area contributed by atoms with E-state index in [-0.39, 0.29) is 0 Å². The number of rotatable bonds is 4. The van der Waals surface area contributed by atoms with Crippen LogP contribution in [0.4, 0.5) is 0 Å². The first kappa shape index (κ1) is 14.4. The van der Waals surface area contributed by atoms with Crippen molar-refractivity contribution in [2.45, 2.75) is 38.3 Å². The third-order valence-corrected chi connectivity index (χ3v) is 6.28. The Morgan fingerprint density at radius 2 is 1.47 bits per heavy atom. The lowest BCUT2D eigenvalue weighted by Crippen LogP contribution is -2.15. The second-order valence-electron chi connectivity index (χ2n) is 5.59. The van der Waals surface area contributed by atoms with Crippen molar-refractivity contribution in [1.82, 2.24) is 0 Å². The van der Waals surface area contributed by atoms with Crippen LogP contribution in [0.3, 0.4) is 0 Å². The summed E-state index contributed by atoms with van der Waals surface area (Å²) in [5.74, 6) is 4.94. The van der Waals surface area contributed by atoms with Gasteiger partial charge in [-0.25, -0.2) is 0 Å². The molecule has 0 aliphatic carbocycles. The molecular formula is C16H23Al. The van der Waals surface area contributed by atoms with Crippen molar-refractivity contribution in [2.24, 2.45) is 11.8 Å². The van der Waals surface area contributed by atoms with Gasteiger partial charge >= 0.3 is 14.1 Å². The average Bonchev–Trinajstić information content (AvgIpc) is 2.26. The molecule has 1 heteroatoms. The first-order valence-corrected chi connectivity index (χ1v) is 8.85. The van der Waals surface area contributed by atoms with Gasteiger partial charge in [0, 0.05) is 5.56 Å². The molecule has 0 unspecified atom stereocenters. The number of hydrogen-bond donors (Lipinski definition) is 0. The zero-order valence-corrected chi connectivity index (χ0v) is 12.7. The smallest absolute Gasteiger partial charge is 0.200 e. The Morgan fingerprint density at radius 3 is 1.94 bits per heavy atom. The summed E-state index contributed by atoms with van der Waals surface area (Å²) in [4.78, 5) is 3.59. The lowest BCUT2D eigenvalue weighted by Gasteiger charge is -2.10. The van der Waals surface area contributed by atoms with Gasteiger partial charge in [-0.05, 0) is 12.1 Å². The van der Waals surface area contributed by atoms with Gasteiger partial charge < -0.3 is 0 Å². The molecule has 0 amide bonds. The van der Waals surface area contributed by atoms with E-state index >= 15 is 0 Å². The van der Waals surface area contributed by atoms with Gasteiger partial charge in [-0.15, -0.1) is 0 Å². The molecule has 1 aromatic rings. The largest absolute Gasteiger partial charge is 0.377 e. The molecule has 1 aromatic carbocycles. The van der Waals surface area contributed by atoms with Crippen LogP contribution < -0.4 is 0 Å². The minimum atomic E-state index is -0.880. The monoisotopic (exact) mass is 242 g/mol. The molecule has 0 heterocycles. The lowest BCUT2D eigenvalue weighted by atomic mass is 10.2. The van der Waals surface area contributed by atoms with Crippen LogP contribution in [0.5, 0.6) is 0 Å². The molecule has 0 radical (unpaired) electrons. The summed E-state index contributed by atoms with van der Waals surface area (Å²) in [6.45, 7) is 9.24. The molecule has 0 N–H and O–H groups in total. The fraction of sp³-hybridized carbons (Fsp3) is 0.500. The SMILES string of the molecule is CC(C)[CH2][Al]([C]#Cc1ccccc1)[CH2]C(C)C. The highest BCUT2D eigenvalue weighted by Crippen LogP contribution is 2.14. The Bertz CT molecular complexity index is 358. The van der Waals surface area contributed by atoms with Gasteiger partial charge in [-0.1, -0.05) is 74.2 Å². The van der Waals surface area contributed by atoms with Crippen LogP contribution in [0, 0.1) is 22.5 Å². The maximum atomic E-state index is 3.59. The molecule has 1 rings (SSSR count). The van der Waals surface area contributed by atoms with Crippen molar-refractivity contribution in [1.29, 1.82) is 0 Å². The molecule has 17 heavy (non-hydrogen) atoms. The summed E-state index contributed by atoms with van der Waals surface area (Å²) in [6.07, 6.45) is 0. The Balaban J connectivity index is 2.68. The minimum absolute atomic E-state index is 0.787. The number of benzene rings is 1. The van der Waals surface area contributed by atoms with E-state index in [0.29, 0.717) is 0 Å². The normalized spacial score (nSPS) is 10.2. The first-order chi connectivity index (χ1) is 8.08. The van der Waals surface area contributed by atoms with Crippen molar-refractivity contribution in [3.8, 4) is 10.7 Å². The Kier molecular flexibility index (Phi) is 6.43. The van der Waals surface area contributed by atoms with Gasteiger partial charge in [0.1, 0.15) is 0 Å². The summed E-state index contributed by atoms with van der Waals surface area (Å²) in [5.41, 5.74) is 1.16. The molecule has 0 spiro atoms. The van der Waals surface area contributed by atoms with Crippen LogP contribution in [0.1, 0.15) is 33.3 Å². The van der Waals surface area contributed by atoms with E-state index in [9.17, 15) is 0 Å². The molecule has 0 aliphatic heterocycles. The van der Waals surface area contributed by atoms with E-state index in [1.807, 2.05) is 6.07 Å². The average molecular weight is 242 g/mol. The maximum Gasteiger partial charge on any atom is 0.377 e. The van der Waals surface area contributed by atoms with Crippen LogP contribution in [-0.4, -0.2) is 14.1 Å². The molecule has 0 aromatic heterocycles. The molecule has 0 bridgehead atoms. The van der Waals surface area contributed by atoms with Crippen molar-refractivity contribution < 1.29 is 0 Å². The predicted molar refractivity (Wildman–Crippen MR) is 78.4 cm³/mol. The van der Waals surface area contributed by atoms with Crippen molar-refractivity contribution >= 4 is 14.1 Å². The van der Waals surface area contributed by atoms with Crippen LogP contribution in [0.15, 0.2) is 30.3 Å². The van der Waals surface area contributed by atoms with E-state index < -0.39 is 14.1 Å². The van der Waals surface area contributed by atoms with Gasteiger partial charge in [0.25, 0.3) is 0 Å². The van der Waals surface area contributed by atoms with E-state index in [1.165, 1.54) is 10.6 Å². The second kappa shape index (κ2) is 7.60. The van der Waals surface area contributed by atoms with E-state index in [4.69, 9.17) is 0 Å². The highest BCUT2D eigenvalue weighted by molar-refractivity contribution is 6.67. The minimum Gasteiger partial charge on any atom is -0.200 e. The fourth-order valence-corrected chi connectivity index (χ4v) is 5.13. The van der Waals surface area contributed by atoms with Gasteiger partial charge in [0.05, 0.1) is 0 Å². The summed E-state index contributed by atoms with van der Waals surface area (Å²) in [5, 5.41) is 2.69. The highest BCUT2D eigenvalue weighted by Gasteiger charge is 2.18. The molecule has 0 atom stereocenters. The van der Waals surface area contributed by atoms with E-state index in [0.717, 1.165) is 17.4 Å². The third kappa shape index (κ3) is 6.58. The third-order valence-electron chi connectivity index (χ3n) is 2.71. The summed E-state index contributed by atoms with van der Waals surface area (Å²) in [6, 6.07) is 10.4. The number of hydrogen-bond acceptors (Lipinski definition) is 0. The Hall–Kier alpha value is -0.688. The fourth-order valence-electron chi connectivity index (χ4n) is 2.06. The highest BCUT2D eigenvalue weighted by atomic mass is 27.2. The predicted octanol–water partition coefficient (Wildman–Crippen LogP) is 4.38. The van der Waals surface area contributed by atoms with E-state index in [2.05, 4.69) is 62.7 Å². The van der Waals surface area contributed by atoms with Gasteiger partial charge in [0.15, 0.2) is 0 Å². The molecule has 90 valence electrons. The molecule has 0 saturated heterocycles. The van der Waals surface area contributed by atoms with Crippen LogP contribution in [-0.2, 0) is 0 Å². The van der Waals surface area contributed by atoms with Crippen molar-refractivity contribution in [3.05, 3.63) is 35.9 Å². The van der Waals surface area contributed by atoms with E-state index in [1.54, 1.807) is 0 Å². The lowest BCUT2D eigenvalue weighted by molar-refractivity contribution is 0.695. The zero-order chi connectivity index (χ0) is 12.7. The van der Waals surface area contributed by atoms with Gasteiger partial charge in [-0.3, -0.25) is 0 Å². The summed E-state index contributed by atoms with van der Waals surface area (Å²) in [7, 11) is 0.